The fraction of sp³-hybridized carbons (Fsp3) is 0.280. The van der Waals surface area contributed by atoms with E-state index in [4.69, 9.17) is 9.84 Å². The number of nitro groups is 1. The van der Waals surface area contributed by atoms with E-state index in [0.717, 1.165) is 0 Å². The number of carbonyl (C=O) groups excluding carboxylic acids is 2. The van der Waals surface area contributed by atoms with Gasteiger partial charge in [-0.1, -0.05) is 24.3 Å². The summed E-state index contributed by atoms with van der Waals surface area (Å²) in [6.45, 7) is 0.115. The van der Waals surface area contributed by atoms with Crippen molar-refractivity contribution in [1.82, 2.24) is 19.8 Å². The number of ether oxygens (including phenoxy) is 1. The Morgan fingerprint density at radius 3 is 2.73 bits per heavy atom. The van der Waals surface area contributed by atoms with Crippen molar-refractivity contribution < 1.29 is 29.2 Å². The van der Waals surface area contributed by atoms with E-state index in [9.17, 15) is 24.5 Å². The quantitative estimate of drug-likeness (QED) is 0.329. The maximum Gasteiger partial charge on any atom is 0.305 e. The number of rotatable bonds is 9. The molecule has 1 aliphatic rings. The minimum absolute atomic E-state index is 0.0271. The number of hydrogen-bond acceptors (Lipinski definition) is 7. The highest BCUT2D eigenvalue weighted by atomic mass is 16.6. The van der Waals surface area contributed by atoms with Crippen molar-refractivity contribution in [1.29, 1.82) is 0 Å². The molecular formula is C25H25N5O7. The van der Waals surface area contributed by atoms with Gasteiger partial charge in [0.25, 0.3) is 11.6 Å². The van der Waals surface area contributed by atoms with Gasteiger partial charge in [0.15, 0.2) is 0 Å². The lowest BCUT2D eigenvalue weighted by Crippen LogP contribution is -2.53. The Kier molecular flexibility index (Phi) is 7.47. The van der Waals surface area contributed by atoms with Gasteiger partial charge in [-0.15, -0.1) is 0 Å². The van der Waals surface area contributed by atoms with Crippen LogP contribution in [-0.4, -0.2) is 62.0 Å². The molecule has 0 spiro atoms. The predicted molar refractivity (Wildman–Crippen MR) is 130 cm³/mol. The van der Waals surface area contributed by atoms with Crippen LogP contribution in [0.2, 0.25) is 0 Å². The molecule has 0 fully saturated rings. The van der Waals surface area contributed by atoms with Gasteiger partial charge in [0.05, 0.1) is 49.3 Å². The van der Waals surface area contributed by atoms with Crippen molar-refractivity contribution in [2.75, 3.05) is 13.7 Å². The van der Waals surface area contributed by atoms with Crippen LogP contribution in [-0.2, 0) is 29.1 Å². The molecule has 2 heterocycles. The average molecular weight is 508 g/mol. The molecule has 192 valence electrons. The number of imidazole rings is 1. The maximum atomic E-state index is 13.6. The van der Waals surface area contributed by atoms with Gasteiger partial charge < -0.3 is 24.6 Å². The number of aliphatic carboxylic acids is 1. The number of nitrogens with zero attached hydrogens (tertiary/aromatic N) is 4. The summed E-state index contributed by atoms with van der Waals surface area (Å²) in [7, 11) is 1.48. The van der Waals surface area contributed by atoms with Crippen LogP contribution in [0, 0.1) is 10.1 Å². The number of nitrogens with one attached hydrogen (secondary N) is 1. The topological polar surface area (TPSA) is 157 Å². The molecule has 1 atom stereocenters. The zero-order chi connectivity index (χ0) is 26.5. The number of fused-ring (bicyclic) bond motifs is 1. The second kappa shape index (κ2) is 10.9. The molecule has 4 rings (SSSR count). The lowest BCUT2D eigenvalue weighted by atomic mass is 9.99. The average Bonchev–Trinajstić information content (AvgIpc) is 3.29. The molecular weight excluding hydrogens is 482 g/mol. The van der Waals surface area contributed by atoms with E-state index < -0.39 is 28.7 Å². The summed E-state index contributed by atoms with van der Waals surface area (Å²) in [6.07, 6.45) is 1.39. The zero-order valence-electron chi connectivity index (χ0n) is 20.0. The molecule has 0 bridgehead atoms. The van der Waals surface area contributed by atoms with Gasteiger partial charge in [-0.05, 0) is 18.2 Å². The van der Waals surface area contributed by atoms with Crippen LogP contribution >= 0.6 is 0 Å². The normalized spacial score (nSPS) is 14.5. The van der Waals surface area contributed by atoms with Crippen LogP contribution in [0.25, 0.3) is 0 Å². The molecule has 2 aromatic carbocycles. The highest BCUT2D eigenvalue weighted by molar-refractivity contribution is 5.98. The van der Waals surface area contributed by atoms with Gasteiger partial charge in [-0.3, -0.25) is 24.5 Å². The third-order valence-corrected chi connectivity index (χ3v) is 6.16. The fourth-order valence-electron chi connectivity index (χ4n) is 4.29. The van der Waals surface area contributed by atoms with Crippen LogP contribution in [0.3, 0.4) is 0 Å². The minimum Gasteiger partial charge on any atom is -0.497 e. The summed E-state index contributed by atoms with van der Waals surface area (Å²) in [5.41, 5.74) is 2.01. The molecule has 0 saturated heterocycles. The number of methoxy groups -OCH3 is 1. The molecule has 1 unspecified atom stereocenters. The third-order valence-electron chi connectivity index (χ3n) is 6.16. The first-order valence-corrected chi connectivity index (χ1v) is 11.5. The van der Waals surface area contributed by atoms with Gasteiger partial charge >= 0.3 is 5.97 Å². The predicted octanol–water partition coefficient (Wildman–Crippen LogP) is 2.01. The molecule has 3 aromatic rings. The monoisotopic (exact) mass is 507 g/mol. The number of hydrogen-bond donors (Lipinski definition) is 2. The molecule has 37 heavy (non-hydrogen) atoms. The van der Waals surface area contributed by atoms with Gasteiger partial charge in [0.1, 0.15) is 11.8 Å². The number of amides is 2. The van der Waals surface area contributed by atoms with Gasteiger partial charge in [-0.25, -0.2) is 4.98 Å². The van der Waals surface area contributed by atoms with E-state index >= 15 is 0 Å². The van der Waals surface area contributed by atoms with Crippen molar-refractivity contribution in [2.45, 2.75) is 32.0 Å². The summed E-state index contributed by atoms with van der Waals surface area (Å²) in [6, 6.07) is 12.0. The van der Waals surface area contributed by atoms with Crippen molar-refractivity contribution in [2.24, 2.45) is 0 Å². The molecule has 1 aliphatic heterocycles. The van der Waals surface area contributed by atoms with Gasteiger partial charge in [-0.2, -0.15) is 0 Å². The van der Waals surface area contributed by atoms with Crippen molar-refractivity contribution >= 4 is 23.5 Å². The Morgan fingerprint density at radius 1 is 1.22 bits per heavy atom. The number of para-hydroxylation sites is 1. The summed E-state index contributed by atoms with van der Waals surface area (Å²) in [5, 5.41) is 23.0. The highest BCUT2D eigenvalue weighted by Crippen LogP contribution is 2.27. The van der Waals surface area contributed by atoms with E-state index in [0.29, 0.717) is 28.3 Å². The number of benzene rings is 2. The van der Waals surface area contributed by atoms with E-state index in [1.807, 2.05) is 0 Å². The SMILES string of the molecule is COc1cccc(C(=O)N2Cc3c(ncn3Cc3ccccc3[N+](=O)[O-])CC2C(=O)NCCC(=O)O)c1. The fourth-order valence-corrected chi connectivity index (χ4v) is 4.29. The Morgan fingerprint density at radius 2 is 2.00 bits per heavy atom. The molecule has 12 heteroatoms. The number of carboxylic acids is 1. The molecule has 0 saturated carbocycles. The van der Waals surface area contributed by atoms with Gasteiger partial charge in [0, 0.05) is 30.2 Å². The van der Waals surface area contributed by atoms with Crippen LogP contribution in [0.15, 0.2) is 54.9 Å². The maximum absolute atomic E-state index is 13.6. The van der Waals surface area contributed by atoms with Crippen LogP contribution in [0.1, 0.15) is 33.7 Å². The number of carbonyl (C=O) groups is 3. The van der Waals surface area contributed by atoms with Crippen molar-refractivity contribution in [3.05, 3.63) is 87.5 Å². The second-order valence-corrected chi connectivity index (χ2v) is 8.47. The van der Waals surface area contributed by atoms with Gasteiger partial charge in [0.2, 0.25) is 5.91 Å². The lowest BCUT2D eigenvalue weighted by molar-refractivity contribution is -0.385. The van der Waals surface area contributed by atoms with E-state index in [-0.39, 0.29) is 38.2 Å². The first-order valence-electron chi connectivity index (χ1n) is 11.5. The van der Waals surface area contributed by atoms with Crippen molar-refractivity contribution in [3.8, 4) is 5.75 Å². The third kappa shape index (κ3) is 5.58. The molecule has 2 amide bonds. The Balaban J connectivity index is 1.66. The molecule has 0 radical (unpaired) electrons. The first-order chi connectivity index (χ1) is 17.8. The smallest absolute Gasteiger partial charge is 0.305 e. The summed E-state index contributed by atoms with van der Waals surface area (Å²) >= 11 is 0. The number of nitro benzene ring substituents is 1. The second-order valence-electron chi connectivity index (χ2n) is 8.47. The Bertz CT molecular complexity index is 1350. The van der Waals surface area contributed by atoms with E-state index in [1.54, 1.807) is 53.4 Å². The first kappa shape index (κ1) is 25.4. The standard InChI is InChI=1S/C25H25N5O7/c1-37-18-7-4-6-16(11-18)25(34)29-14-22-19(12-21(29)24(33)26-10-9-23(31)32)27-15-28(22)13-17-5-2-3-8-20(17)30(35)36/h2-8,11,15,21H,9-10,12-14H2,1H3,(H,26,33)(H,31,32). The van der Waals surface area contributed by atoms with E-state index in [2.05, 4.69) is 10.3 Å². The summed E-state index contributed by atoms with van der Waals surface area (Å²) in [5.74, 6) is -1.48. The van der Waals surface area contributed by atoms with Crippen LogP contribution in [0.4, 0.5) is 5.69 Å². The van der Waals surface area contributed by atoms with Crippen molar-refractivity contribution in [3.63, 3.8) is 0 Å². The molecule has 1 aromatic heterocycles. The Labute approximate surface area is 211 Å². The summed E-state index contributed by atoms with van der Waals surface area (Å²) in [4.78, 5) is 54.4. The molecule has 12 nitrogen and oxygen atoms in total. The van der Waals surface area contributed by atoms with Crippen LogP contribution in [0.5, 0.6) is 5.75 Å². The number of aromatic nitrogens is 2. The molecule has 0 aliphatic carbocycles. The number of carboxylic acid groups (broad SMARTS) is 1. The minimum atomic E-state index is -1.05. The Hall–Kier alpha value is -4.74. The van der Waals surface area contributed by atoms with Crippen LogP contribution < -0.4 is 10.1 Å². The zero-order valence-corrected chi connectivity index (χ0v) is 20.0. The summed E-state index contributed by atoms with van der Waals surface area (Å²) < 4.78 is 6.97. The lowest BCUT2D eigenvalue weighted by Gasteiger charge is -2.35. The highest BCUT2D eigenvalue weighted by Gasteiger charge is 2.37. The van der Waals surface area contributed by atoms with E-state index in [1.165, 1.54) is 18.1 Å². The molecule has 2 N–H and O–H groups in total. The largest absolute Gasteiger partial charge is 0.497 e.